The van der Waals surface area contributed by atoms with Gasteiger partial charge in [0.1, 0.15) is 5.75 Å². The summed E-state index contributed by atoms with van der Waals surface area (Å²) in [5.41, 5.74) is 2.34. The van der Waals surface area contributed by atoms with E-state index in [9.17, 15) is 4.79 Å². The number of amides is 1. The minimum absolute atomic E-state index is 0.00708. The number of rotatable bonds is 7. The van der Waals surface area contributed by atoms with E-state index >= 15 is 0 Å². The van der Waals surface area contributed by atoms with E-state index in [0.717, 1.165) is 28.5 Å². The number of nitrogens with one attached hydrogen (secondary N) is 1. The SMILES string of the molecule is CC[C@H](Oc1ccc2ccccc2c1)C(=O)N[C@H](CC)c1ccc(C)cc1. The quantitative estimate of drug-likeness (QED) is 0.597. The second-order valence-electron chi connectivity index (χ2n) is 6.90. The minimum atomic E-state index is -0.509. The van der Waals surface area contributed by atoms with Crippen LogP contribution in [0.4, 0.5) is 0 Å². The Morgan fingerprint density at radius 1 is 0.926 bits per heavy atom. The van der Waals surface area contributed by atoms with Crippen molar-refractivity contribution in [3.63, 3.8) is 0 Å². The first-order chi connectivity index (χ1) is 13.1. The predicted octanol–water partition coefficient (Wildman–Crippen LogP) is 5.57. The molecular formula is C24H27NO2. The van der Waals surface area contributed by atoms with Crippen molar-refractivity contribution in [3.8, 4) is 5.75 Å². The largest absolute Gasteiger partial charge is 0.481 e. The molecule has 0 aliphatic heterocycles. The highest BCUT2D eigenvalue weighted by molar-refractivity contribution is 5.84. The maximum atomic E-state index is 12.8. The third-order valence-corrected chi connectivity index (χ3v) is 4.87. The molecule has 0 aromatic heterocycles. The minimum Gasteiger partial charge on any atom is -0.481 e. The van der Waals surface area contributed by atoms with Gasteiger partial charge in [0.2, 0.25) is 0 Å². The summed E-state index contributed by atoms with van der Waals surface area (Å²) in [6.07, 6.45) is 0.940. The average molecular weight is 361 g/mol. The van der Waals surface area contributed by atoms with Gasteiger partial charge in [-0.3, -0.25) is 4.79 Å². The van der Waals surface area contributed by atoms with Gasteiger partial charge in [0.25, 0.3) is 5.91 Å². The van der Waals surface area contributed by atoms with Crippen LogP contribution in [0, 0.1) is 6.92 Å². The Balaban J connectivity index is 1.71. The second kappa shape index (κ2) is 8.72. The molecule has 0 spiro atoms. The lowest BCUT2D eigenvalue weighted by Crippen LogP contribution is -2.39. The van der Waals surface area contributed by atoms with Crippen LogP contribution in [0.3, 0.4) is 0 Å². The molecule has 1 amide bonds. The fourth-order valence-electron chi connectivity index (χ4n) is 3.21. The van der Waals surface area contributed by atoms with Crippen LogP contribution in [-0.4, -0.2) is 12.0 Å². The Hall–Kier alpha value is -2.81. The van der Waals surface area contributed by atoms with Gasteiger partial charge in [-0.2, -0.15) is 0 Å². The molecule has 0 saturated carbocycles. The van der Waals surface area contributed by atoms with Gasteiger partial charge in [-0.1, -0.05) is 74.0 Å². The van der Waals surface area contributed by atoms with Crippen molar-refractivity contribution in [2.75, 3.05) is 0 Å². The molecule has 0 fully saturated rings. The zero-order chi connectivity index (χ0) is 19.2. The van der Waals surface area contributed by atoms with Crippen molar-refractivity contribution in [1.82, 2.24) is 5.32 Å². The van der Waals surface area contributed by atoms with Crippen molar-refractivity contribution >= 4 is 16.7 Å². The smallest absolute Gasteiger partial charge is 0.261 e. The van der Waals surface area contributed by atoms with Crippen LogP contribution >= 0.6 is 0 Å². The number of fused-ring (bicyclic) bond motifs is 1. The van der Waals surface area contributed by atoms with E-state index in [-0.39, 0.29) is 11.9 Å². The highest BCUT2D eigenvalue weighted by atomic mass is 16.5. The van der Waals surface area contributed by atoms with Gasteiger partial charge >= 0.3 is 0 Å². The fraction of sp³-hybridized carbons (Fsp3) is 0.292. The summed E-state index contributed by atoms with van der Waals surface area (Å²) >= 11 is 0. The second-order valence-corrected chi connectivity index (χ2v) is 6.90. The van der Waals surface area contributed by atoms with E-state index in [1.807, 2.05) is 43.3 Å². The third-order valence-electron chi connectivity index (χ3n) is 4.87. The predicted molar refractivity (Wildman–Crippen MR) is 111 cm³/mol. The van der Waals surface area contributed by atoms with Gasteiger partial charge in [0.05, 0.1) is 6.04 Å². The number of hydrogen-bond donors (Lipinski definition) is 1. The molecule has 3 aromatic rings. The molecule has 27 heavy (non-hydrogen) atoms. The maximum Gasteiger partial charge on any atom is 0.261 e. The first-order valence-electron chi connectivity index (χ1n) is 9.63. The van der Waals surface area contributed by atoms with E-state index < -0.39 is 6.10 Å². The number of benzene rings is 3. The molecule has 0 aliphatic carbocycles. The first-order valence-corrected chi connectivity index (χ1v) is 9.63. The van der Waals surface area contributed by atoms with Gasteiger partial charge in [-0.25, -0.2) is 0 Å². The summed E-state index contributed by atoms with van der Waals surface area (Å²) in [5, 5.41) is 5.41. The highest BCUT2D eigenvalue weighted by Crippen LogP contribution is 2.23. The van der Waals surface area contributed by atoms with E-state index in [2.05, 4.69) is 49.5 Å². The van der Waals surface area contributed by atoms with E-state index in [4.69, 9.17) is 4.74 Å². The molecule has 3 rings (SSSR count). The normalized spacial score (nSPS) is 13.1. The summed E-state index contributed by atoms with van der Waals surface area (Å²) in [7, 11) is 0. The molecule has 140 valence electrons. The summed E-state index contributed by atoms with van der Waals surface area (Å²) in [4.78, 5) is 12.8. The molecular weight excluding hydrogens is 334 g/mol. The van der Waals surface area contributed by atoms with Crippen LogP contribution in [0.25, 0.3) is 10.8 Å². The standard InChI is InChI=1S/C24H27NO2/c1-4-22(19-12-10-17(3)11-13-19)25-24(26)23(5-2)27-21-15-14-18-8-6-7-9-20(18)16-21/h6-16,22-23H,4-5H2,1-3H3,(H,25,26)/t22-,23+/m1/s1. The molecule has 2 atom stereocenters. The zero-order valence-corrected chi connectivity index (χ0v) is 16.2. The topological polar surface area (TPSA) is 38.3 Å². The lowest BCUT2D eigenvalue weighted by atomic mass is 10.0. The molecule has 3 aromatic carbocycles. The van der Waals surface area contributed by atoms with Gasteiger partial charge in [0, 0.05) is 0 Å². The first kappa shape index (κ1) is 19.0. The van der Waals surface area contributed by atoms with Crippen molar-refractivity contribution in [1.29, 1.82) is 0 Å². The molecule has 0 radical (unpaired) electrons. The van der Waals surface area contributed by atoms with Crippen LogP contribution < -0.4 is 10.1 Å². The Kier molecular flexibility index (Phi) is 6.12. The number of hydrogen-bond acceptors (Lipinski definition) is 2. The Morgan fingerprint density at radius 2 is 1.63 bits per heavy atom. The molecule has 0 bridgehead atoms. The molecule has 0 unspecified atom stereocenters. The zero-order valence-electron chi connectivity index (χ0n) is 16.2. The van der Waals surface area contributed by atoms with E-state index in [1.165, 1.54) is 5.56 Å². The lowest BCUT2D eigenvalue weighted by molar-refractivity contribution is -0.128. The van der Waals surface area contributed by atoms with Crippen LogP contribution in [0.15, 0.2) is 66.7 Å². The van der Waals surface area contributed by atoms with E-state index in [0.29, 0.717) is 6.42 Å². The highest BCUT2D eigenvalue weighted by Gasteiger charge is 2.22. The fourth-order valence-corrected chi connectivity index (χ4v) is 3.21. The number of aryl methyl sites for hydroxylation is 1. The summed E-state index contributed by atoms with van der Waals surface area (Å²) < 4.78 is 6.02. The Bertz CT molecular complexity index is 902. The van der Waals surface area contributed by atoms with Gasteiger partial charge in [-0.15, -0.1) is 0 Å². The number of carbonyl (C=O) groups is 1. The van der Waals surface area contributed by atoms with Crippen molar-refractivity contribution < 1.29 is 9.53 Å². The molecule has 1 N–H and O–H groups in total. The van der Waals surface area contributed by atoms with Crippen LogP contribution in [0.1, 0.15) is 43.9 Å². The number of carbonyl (C=O) groups excluding carboxylic acids is 1. The van der Waals surface area contributed by atoms with Gasteiger partial charge in [0.15, 0.2) is 6.10 Å². The summed E-state index contributed by atoms with van der Waals surface area (Å²) in [6.45, 7) is 6.11. The monoisotopic (exact) mass is 361 g/mol. The lowest BCUT2D eigenvalue weighted by Gasteiger charge is -2.22. The van der Waals surface area contributed by atoms with Crippen LogP contribution in [0.5, 0.6) is 5.75 Å². The molecule has 3 nitrogen and oxygen atoms in total. The Labute approximate surface area is 161 Å². The van der Waals surface area contributed by atoms with Crippen LogP contribution in [0.2, 0.25) is 0 Å². The average Bonchev–Trinajstić information content (AvgIpc) is 2.70. The maximum absolute atomic E-state index is 12.8. The van der Waals surface area contributed by atoms with Crippen molar-refractivity contribution in [3.05, 3.63) is 77.9 Å². The van der Waals surface area contributed by atoms with Crippen molar-refractivity contribution in [2.24, 2.45) is 0 Å². The van der Waals surface area contributed by atoms with Gasteiger partial charge in [-0.05, 0) is 48.2 Å². The molecule has 3 heteroatoms. The van der Waals surface area contributed by atoms with Crippen LogP contribution in [-0.2, 0) is 4.79 Å². The molecule has 0 aliphatic rings. The van der Waals surface area contributed by atoms with Gasteiger partial charge < -0.3 is 10.1 Å². The van der Waals surface area contributed by atoms with E-state index in [1.54, 1.807) is 0 Å². The number of ether oxygens (including phenoxy) is 1. The summed E-state index contributed by atoms with van der Waals surface area (Å²) in [6, 6.07) is 22.4. The third kappa shape index (κ3) is 4.68. The van der Waals surface area contributed by atoms with Crippen molar-refractivity contribution in [2.45, 2.75) is 45.8 Å². The molecule has 0 heterocycles. The Morgan fingerprint density at radius 3 is 2.30 bits per heavy atom. The molecule has 0 saturated heterocycles. The summed E-state index contributed by atoms with van der Waals surface area (Å²) in [5.74, 6) is 0.650.